The van der Waals surface area contributed by atoms with Crippen molar-refractivity contribution in [3.63, 3.8) is 0 Å². The molecule has 1 aromatic rings. The molecule has 0 aliphatic carbocycles. The fraction of sp³-hybridized carbons (Fsp3) is 0.571. The van der Waals surface area contributed by atoms with Crippen molar-refractivity contribution >= 4 is 5.91 Å². The van der Waals surface area contributed by atoms with Gasteiger partial charge in [0, 0.05) is 18.8 Å². The molecule has 0 saturated heterocycles. The van der Waals surface area contributed by atoms with Crippen LogP contribution in [0.3, 0.4) is 0 Å². The molecule has 18 heavy (non-hydrogen) atoms. The second-order valence-electron chi connectivity index (χ2n) is 4.46. The minimum absolute atomic E-state index is 0.112. The summed E-state index contributed by atoms with van der Waals surface area (Å²) in [5, 5.41) is 0. The number of nitrogens with zero attached hydrogens (tertiary/aromatic N) is 2. The Kier molecular flexibility index (Phi) is 5.75. The zero-order valence-corrected chi connectivity index (χ0v) is 11.3. The van der Waals surface area contributed by atoms with Crippen LogP contribution in [0.15, 0.2) is 18.5 Å². The van der Waals surface area contributed by atoms with Crippen LogP contribution in [0.1, 0.15) is 50.4 Å². The molecule has 0 aliphatic heterocycles. The van der Waals surface area contributed by atoms with E-state index in [1.807, 2.05) is 13.8 Å². The van der Waals surface area contributed by atoms with Gasteiger partial charge in [0.1, 0.15) is 0 Å². The molecule has 3 nitrogen and oxygen atoms in total. The number of carbonyl (C=O) groups is 1. The molecular weight excluding hydrogens is 231 g/mol. The summed E-state index contributed by atoms with van der Waals surface area (Å²) in [5.41, 5.74) is 0.112. The van der Waals surface area contributed by atoms with Gasteiger partial charge in [-0.25, -0.2) is 4.39 Å². The monoisotopic (exact) mass is 252 g/mol. The Hall–Kier alpha value is -1.45. The van der Waals surface area contributed by atoms with Gasteiger partial charge in [0.2, 0.25) is 0 Å². The van der Waals surface area contributed by atoms with Gasteiger partial charge in [-0.05, 0) is 25.8 Å². The van der Waals surface area contributed by atoms with Crippen LogP contribution in [0.25, 0.3) is 0 Å². The third-order valence-electron chi connectivity index (χ3n) is 3.14. The van der Waals surface area contributed by atoms with E-state index in [9.17, 15) is 9.18 Å². The molecule has 0 radical (unpaired) electrons. The first kappa shape index (κ1) is 14.6. The molecular formula is C14H21FN2O. The molecule has 1 atom stereocenters. The molecule has 0 bridgehead atoms. The van der Waals surface area contributed by atoms with Crippen LogP contribution in [-0.4, -0.2) is 28.4 Å². The molecule has 1 rings (SSSR count). The van der Waals surface area contributed by atoms with Gasteiger partial charge in [-0.15, -0.1) is 0 Å². The summed E-state index contributed by atoms with van der Waals surface area (Å²) in [7, 11) is 0. The third kappa shape index (κ3) is 3.52. The normalized spacial score (nSPS) is 12.2. The molecule has 1 heterocycles. The molecule has 0 N–H and O–H groups in total. The van der Waals surface area contributed by atoms with Crippen LogP contribution in [0.4, 0.5) is 4.39 Å². The lowest BCUT2D eigenvalue weighted by molar-refractivity contribution is 0.0680. The lowest BCUT2D eigenvalue weighted by Crippen LogP contribution is -2.39. The number of amides is 1. The summed E-state index contributed by atoms with van der Waals surface area (Å²) >= 11 is 0. The Labute approximate surface area is 108 Å². The SMILES string of the molecule is CCCCN(C(=O)c1ccncc1F)C(C)CC. The van der Waals surface area contributed by atoms with Crippen molar-refractivity contribution in [3.8, 4) is 0 Å². The van der Waals surface area contributed by atoms with E-state index in [1.165, 1.54) is 12.3 Å². The Morgan fingerprint density at radius 2 is 2.22 bits per heavy atom. The van der Waals surface area contributed by atoms with Crippen molar-refractivity contribution in [1.29, 1.82) is 0 Å². The first-order valence-corrected chi connectivity index (χ1v) is 6.52. The maximum absolute atomic E-state index is 13.6. The maximum Gasteiger partial charge on any atom is 0.257 e. The maximum atomic E-state index is 13.6. The number of hydrogen-bond donors (Lipinski definition) is 0. The third-order valence-corrected chi connectivity index (χ3v) is 3.14. The number of halogens is 1. The highest BCUT2D eigenvalue weighted by Gasteiger charge is 2.22. The second kappa shape index (κ2) is 7.09. The zero-order valence-electron chi connectivity index (χ0n) is 11.3. The number of aromatic nitrogens is 1. The van der Waals surface area contributed by atoms with E-state index >= 15 is 0 Å². The topological polar surface area (TPSA) is 33.2 Å². The Morgan fingerprint density at radius 3 is 2.78 bits per heavy atom. The van der Waals surface area contributed by atoms with Crippen LogP contribution in [0.2, 0.25) is 0 Å². The van der Waals surface area contributed by atoms with Gasteiger partial charge in [-0.3, -0.25) is 9.78 Å². The lowest BCUT2D eigenvalue weighted by Gasteiger charge is -2.28. The van der Waals surface area contributed by atoms with Crippen molar-refractivity contribution < 1.29 is 9.18 Å². The van der Waals surface area contributed by atoms with Gasteiger partial charge < -0.3 is 4.90 Å². The van der Waals surface area contributed by atoms with Crippen LogP contribution in [0.5, 0.6) is 0 Å². The standard InChI is InChI=1S/C14H21FN2O/c1-4-6-9-17(11(3)5-2)14(18)12-7-8-16-10-13(12)15/h7-8,10-11H,4-6,9H2,1-3H3. The minimum Gasteiger partial charge on any atom is -0.336 e. The van der Waals surface area contributed by atoms with E-state index in [1.54, 1.807) is 4.90 Å². The Bertz CT molecular complexity index is 395. The fourth-order valence-corrected chi connectivity index (χ4v) is 1.77. The van der Waals surface area contributed by atoms with Crippen molar-refractivity contribution in [3.05, 3.63) is 29.8 Å². The van der Waals surface area contributed by atoms with Gasteiger partial charge >= 0.3 is 0 Å². The van der Waals surface area contributed by atoms with E-state index in [-0.39, 0.29) is 17.5 Å². The van der Waals surface area contributed by atoms with Gasteiger partial charge in [-0.1, -0.05) is 20.3 Å². The zero-order chi connectivity index (χ0) is 13.5. The average Bonchev–Trinajstić information content (AvgIpc) is 2.39. The number of unbranched alkanes of at least 4 members (excludes halogenated alkanes) is 1. The van der Waals surface area contributed by atoms with Gasteiger partial charge in [0.25, 0.3) is 5.91 Å². The van der Waals surface area contributed by atoms with Crippen molar-refractivity contribution in [2.75, 3.05) is 6.54 Å². The quantitative estimate of drug-likeness (QED) is 0.778. The molecule has 4 heteroatoms. The van der Waals surface area contributed by atoms with E-state index in [0.29, 0.717) is 6.54 Å². The molecule has 1 amide bonds. The molecule has 0 fully saturated rings. The number of hydrogen-bond acceptors (Lipinski definition) is 2. The summed E-state index contributed by atoms with van der Waals surface area (Å²) in [6, 6.07) is 1.57. The summed E-state index contributed by atoms with van der Waals surface area (Å²) in [6.07, 6.45) is 5.34. The first-order valence-electron chi connectivity index (χ1n) is 6.52. The van der Waals surface area contributed by atoms with E-state index < -0.39 is 5.82 Å². The highest BCUT2D eigenvalue weighted by molar-refractivity contribution is 5.94. The van der Waals surface area contributed by atoms with Crippen molar-refractivity contribution in [2.24, 2.45) is 0 Å². The molecule has 0 spiro atoms. The first-order chi connectivity index (χ1) is 8.61. The molecule has 0 aromatic carbocycles. The Balaban J connectivity index is 2.91. The molecule has 1 unspecified atom stereocenters. The van der Waals surface area contributed by atoms with Crippen LogP contribution >= 0.6 is 0 Å². The van der Waals surface area contributed by atoms with Crippen LogP contribution < -0.4 is 0 Å². The second-order valence-corrected chi connectivity index (χ2v) is 4.46. The molecule has 100 valence electrons. The number of rotatable bonds is 6. The highest BCUT2D eigenvalue weighted by Crippen LogP contribution is 2.14. The minimum atomic E-state index is -0.549. The van der Waals surface area contributed by atoms with E-state index in [0.717, 1.165) is 25.5 Å². The highest BCUT2D eigenvalue weighted by atomic mass is 19.1. The molecule has 0 aliphatic rings. The van der Waals surface area contributed by atoms with Crippen LogP contribution in [0, 0.1) is 5.82 Å². The predicted molar refractivity (Wildman–Crippen MR) is 69.9 cm³/mol. The lowest BCUT2D eigenvalue weighted by atomic mass is 10.1. The fourth-order valence-electron chi connectivity index (χ4n) is 1.77. The van der Waals surface area contributed by atoms with E-state index in [2.05, 4.69) is 11.9 Å². The van der Waals surface area contributed by atoms with Crippen LogP contribution in [-0.2, 0) is 0 Å². The number of carbonyl (C=O) groups excluding carboxylic acids is 1. The predicted octanol–water partition coefficient (Wildman–Crippen LogP) is 3.26. The smallest absolute Gasteiger partial charge is 0.257 e. The summed E-state index contributed by atoms with van der Waals surface area (Å²) in [4.78, 5) is 17.8. The van der Waals surface area contributed by atoms with Gasteiger partial charge in [0.05, 0.1) is 11.8 Å². The number of pyridine rings is 1. The summed E-state index contributed by atoms with van der Waals surface area (Å²) in [6.45, 7) is 6.77. The van der Waals surface area contributed by atoms with Gasteiger partial charge in [0.15, 0.2) is 5.82 Å². The average molecular weight is 252 g/mol. The Morgan fingerprint density at radius 1 is 1.50 bits per heavy atom. The largest absolute Gasteiger partial charge is 0.336 e. The van der Waals surface area contributed by atoms with Crippen molar-refractivity contribution in [1.82, 2.24) is 9.88 Å². The van der Waals surface area contributed by atoms with Crippen molar-refractivity contribution in [2.45, 2.75) is 46.1 Å². The summed E-state index contributed by atoms with van der Waals surface area (Å²) < 4.78 is 13.6. The molecule has 1 aromatic heterocycles. The van der Waals surface area contributed by atoms with Gasteiger partial charge in [-0.2, -0.15) is 0 Å². The summed E-state index contributed by atoms with van der Waals surface area (Å²) in [5.74, 6) is -0.787. The molecule has 0 saturated carbocycles. The van der Waals surface area contributed by atoms with E-state index in [4.69, 9.17) is 0 Å².